The number of benzene rings is 1. The first-order valence-corrected chi connectivity index (χ1v) is 17.8. The molecular weight excluding hydrogens is 516 g/mol. The summed E-state index contributed by atoms with van der Waals surface area (Å²) < 4.78 is 5.78. The minimum atomic E-state index is -0.0635. The molecular formula is C38H58N2O2. The van der Waals surface area contributed by atoms with Crippen LogP contribution < -0.4 is 4.74 Å². The molecule has 2 aliphatic rings. The zero-order valence-electron chi connectivity index (χ0n) is 26.8. The molecule has 1 aromatic heterocycles. The number of carbonyl (C=O) groups is 1. The largest absolute Gasteiger partial charge is 0.426 e. The fourth-order valence-electron chi connectivity index (χ4n) is 7.29. The van der Waals surface area contributed by atoms with E-state index < -0.39 is 0 Å². The van der Waals surface area contributed by atoms with Gasteiger partial charge in [0, 0.05) is 18.0 Å². The molecule has 1 heterocycles. The molecule has 2 aliphatic carbocycles. The van der Waals surface area contributed by atoms with Gasteiger partial charge in [-0.25, -0.2) is 9.97 Å². The molecule has 0 saturated heterocycles. The first-order chi connectivity index (χ1) is 20.7. The molecule has 0 N–H and O–H groups in total. The maximum absolute atomic E-state index is 12.8. The molecule has 232 valence electrons. The number of hydrogen-bond donors (Lipinski definition) is 0. The smallest absolute Gasteiger partial charge is 0.314 e. The van der Waals surface area contributed by atoms with Crippen LogP contribution >= 0.6 is 0 Å². The number of ether oxygens (including phenoxy) is 1. The van der Waals surface area contributed by atoms with Crippen LogP contribution in [0, 0.1) is 17.8 Å². The lowest BCUT2D eigenvalue weighted by atomic mass is 9.77. The van der Waals surface area contributed by atoms with E-state index in [0.29, 0.717) is 11.7 Å². The van der Waals surface area contributed by atoms with Crippen LogP contribution in [-0.2, 0) is 4.79 Å². The maximum Gasteiger partial charge on any atom is 0.314 e. The van der Waals surface area contributed by atoms with Crippen LogP contribution in [-0.4, -0.2) is 15.9 Å². The summed E-state index contributed by atoms with van der Waals surface area (Å²) in [5, 5.41) is 0. The van der Waals surface area contributed by atoms with E-state index in [1.807, 2.05) is 36.7 Å². The highest BCUT2D eigenvalue weighted by Gasteiger charge is 2.27. The quantitative estimate of drug-likeness (QED) is 0.107. The summed E-state index contributed by atoms with van der Waals surface area (Å²) in [5.74, 6) is 3.65. The van der Waals surface area contributed by atoms with E-state index in [4.69, 9.17) is 14.7 Å². The highest BCUT2D eigenvalue weighted by atomic mass is 16.5. The Bertz CT molecular complexity index is 1000. The van der Waals surface area contributed by atoms with Crippen molar-refractivity contribution in [1.82, 2.24) is 9.97 Å². The third-order valence-corrected chi connectivity index (χ3v) is 10.2. The maximum atomic E-state index is 12.8. The SMILES string of the molecule is CCCCCCCCC1CCC(c2cnc(-c3ccc(OC(=O)C4CCC(CCCCCCC)CC4)cc3)nc2)CC1. The molecule has 0 unspecified atom stereocenters. The van der Waals surface area contributed by atoms with Gasteiger partial charge >= 0.3 is 5.97 Å². The molecule has 0 bridgehead atoms. The highest BCUT2D eigenvalue weighted by Crippen LogP contribution is 2.38. The number of esters is 1. The average molecular weight is 575 g/mol. The molecule has 2 aromatic rings. The van der Waals surface area contributed by atoms with Gasteiger partial charge in [0.2, 0.25) is 0 Å². The van der Waals surface area contributed by atoms with E-state index in [0.717, 1.165) is 36.1 Å². The van der Waals surface area contributed by atoms with Crippen molar-refractivity contribution in [2.45, 2.75) is 155 Å². The standard InChI is InChI=1S/C38H58N2O2/c1-3-5-7-9-11-13-15-30-16-20-32(21-17-30)35-28-39-37(40-29-35)33-24-26-36(27-25-33)42-38(41)34-22-18-31(19-23-34)14-12-10-8-6-4-2/h24-32,34H,3-23H2,1-2H3. The number of nitrogens with zero attached hydrogens (tertiary/aromatic N) is 2. The molecule has 2 fully saturated rings. The number of aromatic nitrogens is 2. The number of unbranched alkanes of at least 4 members (excludes halogenated alkanes) is 9. The van der Waals surface area contributed by atoms with Crippen LogP contribution in [0.2, 0.25) is 0 Å². The Hall–Kier alpha value is -2.23. The Morgan fingerprint density at radius 3 is 1.71 bits per heavy atom. The Balaban J connectivity index is 1.15. The van der Waals surface area contributed by atoms with Crippen LogP contribution in [0.5, 0.6) is 5.75 Å². The molecule has 4 nitrogen and oxygen atoms in total. The number of carbonyl (C=O) groups excluding carboxylic acids is 1. The molecule has 4 heteroatoms. The number of rotatable bonds is 17. The zero-order chi connectivity index (χ0) is 29.4. The van der Waals surface area contributed by atoms with E-state index in [1.54, 1.807) is 0 Å². The second-order valence-electron chi connectivity index (χ2n) is 13.5. The fourth-order valence-corrected chi connectivity index (χ4v) is 7.29. The van der Waals surface area contributed by atoms with E-state index in [1.165, 1.54) is 128 Å². The van der Waals surface area contributed by atoms with Crippen molar-refractivity contribution in [2.24, 2.45) is 17.8 Å². The van der Waals surface area contributed by atoms with E-state index in [9.17, 15) is 4.79 Å². The Morgan fingerprint density at radius 2 is 1.17 bits per heavy atom. The molecule has 1 aromatic carbocycles. The van der Waals surface area contributed by atoms with Crippen LogP contribution in [0.25, 0.3) is 11.4 Å². The molecule has 0 radical (unpaired) electrons. The van der Waals surface area contributed by atoms with Crippen molar-refractivity contribution in [2.75, 3.05) is 0 Å². The van der Waals surface area contributed by atoms with Crippen molar-refractivity contribution in [3.05, 3.63) is 42.2 Å². The zero-order valence-corrected chi connectivity index (χ0v) is 26.8. The lowest BCUT2D eigenvalue weighted by Gasteiger charge is -2.28. The van der Waals surface area contributed by atoms with Gasteiger partial charge in [0.1, 0.15) is 5.75 Å². The van der Waals surface area contributed by atoms with Crippen molar-refractivity contribution >= 4 is 5.97 Å². The van der Waals surface area contributed by atoms with Crippen LogP contribution in [0.1, 0.15) is 160 Å². The lowest BCUT2D eigenvalue weighted by Crippen LogP contribution is -2.25. The average Bonchev–Trinajstić information content (AvgIpc) is 3.04. The summed E-state index contributed by atoms with van der Waals surface area (Å²) in [7, 11) is 0. The normalized spacial score (nSPS) is 22.6. The van der Waals surface area contributed by atoms with Gasteiger partial charge in [0.05, 0.1) is 5.92 Å². The first-order valence-electron chi connectivity index (χ1n) is 17.8. The topological polar surface area (TPSA) is 52.1 Å². The first kappa shape index (κ1) is 32.7. The lowest BCUT2D eigenvalue weighted by molar-refractivity contribution is -0.140. The van der Waals surface area contributed by atoms with Gasteiger partial charge in [-0.3, -0.25) is 4.79 Å². The van der Waals surface area contributed by atoms with Gasteiger partial charge < -0.3 is 4.74 Å². The molecule has 0 amide bonds. The third kappa shape index (κ3) is 10.8. The summed E-state index contributed by atoms with van der Waals surface area (Å²) >= 11 is 0. The molecule has 0 spiro atoms. The summed E-state index contributed by atoms with van der Waals surface area (Å²) in [6, 6.07) is 7.72. The Labute approximate surface area is 256 Å². The van der Waals surface area contributed by atoms with E-state index in [-0.39, 0.29) is 11.9 Å². The van der Waals surface area contributed by atoms with Gasteiger partial charge in [0.25, 0.3) is 0 Å². The summed E-state index contributed by atoms with van der Waals surface area (Å²) in [6.45, 7) is 4.56. The van der Waals surface area contributed by atoms with E-state index >= 15 is 0 Å². The van der Waals surface area contributed by atoms with Gasteiger partial charge in [-0.2, -0.15) is 0 Å². The predicted octanol–water partition coefficient (Wildman–Crippen LogP) is 11.2. The van der Waals surface area contributed by atoms with Crippen molar-refractivity contribution in [3.63, 3.8) is 0 Å². The van der Waals surface area contributed by atoms with Crippen LogP contribution in [0.3, 0.4) is 0 Å². The second-order valence-corrected chi connectivity index (χ2v) is 13.5. The van der Waals surface area contributed by atoms with Crippen LogP contribution in [0.4, 0.5) is 0 Å². The molecule has 2 saturated carbocycles. The van der Waals surface area contributed by atoms with Crippen molar-refractivity contribution in [3.8, 4) is 17.1 Å². The minimum Gasteiger partial charge on any atom is -0.426 e. The Morgan fingerprint density at radius 1 is 0.667 bits per heavy atom. The molecule has 4 rings (SSSR count). The highest BCUT2D eigenvalue weighted by molar-refractivity contribution is 5.75. The fraction of sp³-hybridized carbons (Fsp3) is 0.711. The summed E-state index contributed by atoms with van der Waals surface area (Å²) in [6.07, 6.45) is 31.5. The van der Waals surface area contributed by atoms with Crippen LogP contribution in [0.15, 0.2) is 36.7 Å². The van der Waals surface area contributed by atoms with Gasteiger partial charge in [0.15, 0.2) is 5.82 Å². The number of hydrogen-bond acceptors (Lipinski definition) is 4. The molecule has 42 heavy (non-hydrogen) atoms. The summed E-state index contributed by atoms with van der Waals surface area (Å²) in [5.41, 5.74) is 2.25. The monoisotopic (exact) mass is 574 g/mol. The Kier molecular flexibility index (Phi) is 14.3. The molecule has 0 atom stereocenters. The molecule has 0 aliphatic heterocycles. The van der Waals surface area contributed by atoms with E-state index in [2.05, 4.69) is 13.8 Å². The second kappa shape index (κ2) is 18.4. The van der Waals surface area contributed by atoms with Crippen molar-refractivity contribution < 1.29 is 9.53 Å². The minimum absolute atomic E-state index is 0.0440. The summed E-state index contributed by atoms with van der Waals surface area (Å²) in [4.78, 5) is 22.3. The predicted molar refractivity (Wildman–Crippen MR) is 175 cm³/mol. The van der Waals surface area contributed by atoms with Crippen molar-refractivity contribution in [1.29, 1.82) is 0 Å². The van der Waals surface area contributed by atoms with Gasteiger partial charge in [-0.05, 0) is 98.9 Å². The van der Waals surface area contributed by atoms with Gasteiger partial charge in [-0.15, -0.1) is 0 Å². The third-order valence-electron chi connectivity index (χ3n) is 10.2. The van der Waals surface area contributed by atoms with Gasteiger partial charge in [-0.1, -0.05) is 97.3 Å².